The SMILES string of the molecule is C=C(/C=C\C(C)(C)C)C(=O)NC1CCC(=O)NC1=O. The van der Waals surface area contributed by atoms with Gasteiger partial charge in [0.15, 0.2) is 0 Å². The van der Waals surface area contributed by atoms with Gasteiger partial charge >= 0.3 is 0 Å². The van der Waals surface area contributed by atoms with Crippen molar-refractivity contribution < 1.29 is 14.4 Å². The Morgan fingerprint density at radius 1 is 1.42 bits per heavy atom. The van der Waals surface area contributed by atoms with Crippen molar-refractivity contribution in [3.63, 3.8) is 0 Å². The highest BCUT2D eigenvalue weighted by Gasteiger charge is 2.27. The maximum atomic E-state index is 11.8. The molecule has 0 aromatic rings. The first kappa shape index (κ1) is 15.1. The minimum Gasteiger partial charge on any atom is -0.340 e. The van der Waals surface area contributed by atoms with Crippen molar-refractivity contribution in [3.8, 4) is 0 Å². The van der Waals surface area contributed by atoms with Gasteiger partial charge in [-0.3, -0.25) is 19.7 Å². The van der Waals surface area contributed by atoms with E-state index in [4.69, 9.17) is 0 Å². The Bertz CT molecular complexity index is 444. The van der Waals surface area contributed by atoms with E-state index >= 15 is 0 Å². The molecule has 1 unspecified atom stereocenters. The van der Waals surface area contributed by atoms with Gasteiger partial charge in [-0.2, -0.15) is 0 Å². The third-order valence-corrected chi connectivity index (χ3v) is 2.62. The number of amides is 3. The predicted octanol–water partition coefficient (Wildman–Crippen LogP) is 1.07. The molecule has 1 atom stereocenters. The Labute approximate surface area is 113 Å². The van der Waals surface area contributed by atoms with Gasteiger partial charge in [0.1, 0.15) is 6.04 Å². The summed E-state index contributed by atoms with van der Waals surface area (Å²) in [5.41, 5.74) is 0.248. The first-order chi connectivity index (χ1) is 8.69. The third kappa shape index (κ3) is 5.07. The van der Waals surface area contributed by atoms with Crippen LogP contribution >= 0.6 is 0 Å². The fourth-order valence-corrected chi connectivity index (χ4v) is 1.51. The highest BCUT2D eigenvalue weighted by molar-refractivity contribution is 6.04. The van der Waals surface area contributed by atoms with Gasteiger partial charge in [-0.25, -0.2) is 0 Å². The molecule has 0 aromatic carbocycles. The Morgan fingerprint density at radius 2 is 2.05 bits per heavy atom. The van der Waals surface area contributed by atoms with E-state index in [9.17, 15) is 14.4 Å². The van der Waals surface area contributed by atoms with Crippen LogP contribution in [0.3, 0.4) is 0 Å². The maximum Gasteiger partial charge on any atom is 0.251 e. The molecule has 1 aliphatic heterocycles. The number of carbonyl (C=O) groups is 3. The maximum absolute atomic E-state index is 11.8. The van der Waals surface area contributed by atoms with E-state index < -0.39 is 17.9 Å². The van der Waals surface area contributed by atoms with Crippen molar-refractivity contribution in [1.82, 2.24) is 10.6 Å². The highest BCUT2D eigenvalue weighted by Crippen LogP contribution is 2.15. The number of imide groups is 1. The summed E-state index contributed by atoms with van der Waals surface area (Å²) in [5.74, 6) is -1.16. The average Bonchev–Trinajstić information content (AvgIpc) is 2.28. The molecule has 3 amide bonds. The Morgan fingerprint density at radius 3 is 2.58 bits per heavy atom. The second kappa shape index (κ2) is 5.82. The molecule has 104 valence electrons. The monoisotopic (exact) mass is 264 g/mol. The van der Waals surface area contributed by atoms with Crippen molar-refractivity contribution >= 4 is 17.7 Å². The zero-order chi connectivity index (χ0) is 14.6. The largest absolute Gasteiger partial charge is 0.340 e. The lowest BCUT2D eigenvalue weighted by molar-refractivity contribution is -0.136. The number of hydrogen-bond donors (Lipinski definition) is 2. The Kier molecular flexibility index (Phi) is 4.64. The molecule has 1 heterocycles. The molecule has 5 nitrogen and oxygen atoms in total. The lowest BCUT2D eigenvalue weighted by Crippen LogP contribution is -2.52. The molecule has 5 heteroatoms. The summed E-state index contributed by atoms with van der Waals surface area (Å²) in [6, 6.07) is -0.662. The molecule has 1 aliphatic rings. The molecule has 19 heavy (non-hydrogen) atoms. The summed E-state index contributed by atoms with van der Waals surface area (Å²) < 4.78 is 0. The van der Waals surface area contributed by atoms with Gasteiger partial charge in [0, 0.05) is 12.0 Å². The van der Waals surface area contributed by atoms with Crippen molar-refractivity contribution in [2.75, 3.05) is 0 Å². The summed E-state index contributed by atoms with van der Waals surface area (Å²) in [6.45, 7) is 9.69. The van der Waals surface area contributed by atoms with Crippen LogP contribution in [0.4, 0.5) is 0 Å². The summed E-state index contributed by atoms with van der Waals surface area (Å²) >= 11 is 0. The number of rotatable bonds is 3. The lowest BCUT2D eigenvalue weighted by atomic mass is 9.95. The standard InChI is InChI=1S/C14H20N2O3/c1-9(7-8-14(2,3)4)12(18)15-10-5-6-11(17)16-13(10)19/h7-8,10H,1,5-6H2,2-4H3,(H,15,18)(H,16,17,19)/b8-7-. The number of allylic oxidation sites excluding steroid dienone is 1. The van der Waals surface area contributed by atoms with Gasteiger partial charge in [0.05, 0.1) is 0 Å². The van der Waals surface area contributed by atoms with Gasteiger partial charge in [0.25, 0.3) is 5.91 Å². The van der Waals surface area contributed by atoms with Crippen molar-refractivity contribution in [3.05, 3.63) is 24.3 Å². The highest BCUT2D eigenvalue weighted by atomic mass is 16.2. The Hall–Kier alpha value is -1.91. The van der Waals surface area contributed by atoms with Crippen LogP contribution in [0.5, 0.6) is 0 Å². The van der Waals surface area contributed by atoms with E-state index in [-0.39, 0.29) is 17.7 Å². The van der Waals surface area contributed by atoms with Crippen LogP contribution in [0.1, 0.15) is 33.6 Å². The third-order valence-electron chi connectivity index (χ3n) is 2.62. The van der Waals surface area contributed by atoms with Crippen LogP contribution in [-0.2, 0) is 14.4 Å². The van der Waals surface area contributed by atoms with Gasteiger partial charge in [-0.1, -0.05) is 39.5 Å². The zero-order valence-corrected chi connectivity index (χ0v) is 11.6. The number of piperidine rings is 1. The molecule has 0 radical (unpaired) electrons. The first-order valence-electron chi connectivity index (χ1n) is 6.22. The van der Waals surface area contributed by atoms with E-state index in [1.165, 1.54) is 0 Å². The minimum absolute atomic E-state index is 0.0438. The number of carbonyl (C=O) groups excluding carboxylic acids is 3. The van der Waals surface area contributed by atoms with E-state index in [2.05, 4.69) is 17.2 Å². The molecule has 1 saturated heterocycles. The molecule has 0 aromatic heterocycles. The quantitative estimate of drug-likeness (QED) is 0.455. The minimum atomic E-state index is -0.662. The first-order valence-corrected chi connectivity index (χ1v) is 6.22. The molecule has 0 spiro atoms. The average molecular weight is 264 g/mol. The van der Waals surface area contributed by atoms with E-state index in [1.807, 2.05) is 26.8 Å². The molecule has 2 N–H and O–H groups in total. The lowest BCUT2D eigenvalue weighted by Gasteiger charge is -2.22. The van der Waals surface area contributed by atoms with Crippen molar-refractivity contribution in [1.29, 1.82) is 0 Å². The number of hydrogen-bond acceptors (Lipinski definition) is 3. The van der Waals surface area contributed by atoms with E-state index in [0.717, 1.165) is 0 Å². The van der Waals surface area contributed by atoms with Crippen LogP contribution in [0, 0.1) is 5.41 Å². The van der Waals surface area contributed by atoms with E-state index in [0.29, 0.717) is 12.0 Å². The second-order valence-corrected chi connectivity index (χ2v) is 5.70. The number of nitrogens with one attached hydrogen (secondary N) is 2. The summed E-state index contributed by atoms with van der Waals surface area (Å²) in [5, 5.41) is 4.76. The molecule has 1 rings (SSSR count). The zero-order valence-electron chi connectivity index (χ0n) is 11.6. The molecule has 0 bridgehead atoms. The van der Waals surface area contributed by atoms with Crippen molar-refractivity contribution in [2.45, 2.75) is 39.7 Å². The predicted molar refractivity (Wildman–Crippen MR) is 72.0 cm³/mol. The fourth-order valence-electron chi connectivity index (χ4n) is 1.51. The topological polar surface area (TPSA) is 75.3 Å². The van der Waals surface area contributed by atoms with Crippen LogP contribution < -0.4 is 10.6 Å². The van der Waals surface area contributed by atoms with Crippen LogP contribution in [0.15, 0.2) is 24.3 Å². The fraction of sp³-hybridized carbons (Fsp3) is 0.500. The van der Waals surface area contributed by atoms with Gasteiger partial charge < -0.3 is 5.32 Å². The summed E-state index contributed by atoms with van der Waals surface area (Å²) in [4.78, 5) is 34.3. The van der Waals surface area contributed by atoms with Gasteiger partial charge in [0.2, 0.25) is 11.8 Å². The van der Waals surface area contributed by atoms with E-state index in [1.54, 1.807) is 6.08 Å². The molecular weight excluding hydrogens is 244 g/mol. The van der Waals surface area contributed by atoms with Gasteiger partial charge in [-0.15, -0.1) is 0 Å². The molecule has 0 saturated carbocycles. The van der Waals surface area contributed by atoms with Gasteiger partial charge in [-0.05, 0) is 11.8 Å². The Balaban J connectivity index is 2.55. The smallest absolute Gasteiger partial charge is 0.251 e. The summed E-state index contributed by atoms with van der Waals surface area (Å²) in [6.07, 6.45) is 4.08. The second-order valence-electron chi connectivity index (χ2n) is 5.70. The van der Waals surface area contributed by atoms with Crippen LogP contribution in [-0.4, -0.2) is 23.8 Å². The van der Waals surface area contributed by atoms with Crippen LogP contribution in [0.2, 0.25) is 0 Å². The molecular formula is C14H20N2O3. The molecule has 1 fully saturated rings. The molecule has 0 aliphatic carbocycles. The van der Waals surface area contributed by atoms with Crippen molar-refractivity contribution in [2.24, 2.45) is 5.41 Å². The van der Waals surface area contributed by atoms with Crippen LogP contribution in [0.25, 0.3) is 0 Å². The summed E-state index contributed by atoms with van der Waals surface area (Å²) in [7, 11) is 0. The normalized spacial score (nSPS) is 20.3.